The van der Waals surface area contributed by atoms with Gasteiger partial charge in [-0.05, 0) is 90.4 Å². The van der Waals surface area contributed by atoms with Crippen LogP contribution in [0.15, 0.2) is 97.1 Å². The topological polar surface area (TPSA) is 0 Å². The summed E-state index contributed by atoms with van der Waals surface area (Å²) in [6, 6.07) is 34.4. The average molecular weight is 523 g/mol. The summed E-state index contributed by atoms with van der Waals surface area (Å²) in [5.74, 6) is 13.4. The Morgan fingerprint density at radius 2 is 0.875 bits per heavy atom. The molecule has 0 atom stereocenters. The van der Waals surface area contributed by atoms with Crippen LogP contribution < -0.4 is 0 Å². The van der Waals surface area contributed by atoms with Crippen molar-refractivity contribution in [3.8, 4) is 34.8 Å². The van der Waals surface area contributed by atoms with Gasteiger partial charge in [0.2, 0.25) is 0 Å². The molecule has 0 fully saturated rings. The minimum atomic E-state index is 1.02. The molecule has 0 radical (unpaired) electrons. The van der Waals surface area contributed by atoms with Crippen molar-refractivity contribution in [1.82, 2.24) is 0 Å². The maximum atomic E-state index is 3.41. The minimum Gasteiger partial charge on any atom is -0.0654 e. The number of benzene rings is 4. The van der Waals surface area contributed by atoms with Crippen molar-refractivity contribution in [1.29, 1.82) is 0 Å². The Labute approximate surface area is 242 Å². The molecule has 0 N–H and O–H groups in total. The summed E-state index contributed by atoms with van der Waals surface area (Å²) in [5, 5.41) is 0. The van der Waals surface area contributed by atoms with Crippen LogP contribution >= 0.6 is 0 Å². The second-order valence-corrected chi connectivity index (χ2v) is 10.6. The van der Waals surface area contributed by atoms with E-state index in [0.29, 0.717) is 0 Å². The Kier molecular flexibility index (Phi) is 11.7. The molecule has 0 aliphatic rings. The van der Waals surface area contributed by atoms with E-state index in [1.165, 1.54) is 62.5 Å². The number of hydrogen-bond acceptors (Lipinski definition) is 0. The van der Waals surface area contributed by atoms with E-state index in [1.54, 1.807) is 0 Å². The molecule has 4 rings (SSSR count). The van der Waals surface area contributed by atoms with Gasteiger partial charge in [-0.15, -0.1) is 0 Å². The summed E-state index contributed by atoms with van der Waals surface area (Å²) >= 11 is 0. The normalized spacial score (nSPS) is 10.3. The molecule has 0 saturated heterocycles. The van der Waals surface area contributed by atoms with Crippen LogP contribution in [-0.2, 0) is 12.8 Å². The smallest absolute Gasteiger partial charge is 0.0327 e. The van der Waals surface area contributed by atoms with Crippen molar-refractivity contribution in [2.24, 2.45) is 0 Å². The predicted molar refractivity (Wildman–Crippen MR) is 172 cm³/mol. The van der Waals surface area contributed by atoms with Crippen LogP contribution in [0.1, 0.15) is 98.6 Å². The zero-order valence-corrected chi connectivity index (χ0v) is 24.3. The monoisotopic (exact) mass is 522 g/mol. The van der Waals surface area contributed by atoms with Gasteiger partial charge >= 0.3 is 0 Å². The number of rotatable bonds is 11. The van der Waals surface area contributed by atoms with Crippen molar-refractivity contribution in [2.75, 3.05) is 0 Å². The van der Waals surface area contributed by atoms with Gasteiger partial charge in [-0.2, -0.15) is 0 Å². The summed E-state index contributed by atoms with van der Waals surface area (Å²) < 4.78 is 0. The third-order valence-corrected chi connectivity index (χ3v) is 7.36. The van der Waals surface area contributed by atoms with Gasteiger partial charge in [-0.25, -0.2) is 0 Å². The van der Waals surface area contributed by atoms with Crippen LogP contribution in [0, 0.1) is 23.7 Å². The molecule has 0 bridgehead atoms. The summed E-state index contributed by atoms with van der Waals surface area (Å²) in [5.41, 5.74) is 9.30. The quantitative estimate of drug-likeness (QED) is 0.136. The van der Waals surface area contributed by atoms with Crippen LogP contribution in [-0.4, -0.2) is 0 Å². The minimum absolute atomic E-state index is 1.02. The van der Waals surface area contributed by atoms with Gasteiger partial charge in [0.05, 0.1) is 0 Å². The fourth-order valence-corrected chi connectivity index (χ4v) is 4.88. The van der Waals surface area contributed by atoms with Crippen molar-refractivity contribution in [3.63, 3.8) is 0 Å². The average Bonchev–Trinajstić information content (AvgIpc) is 3.01. The van der Waals surface area contributed by atoms with Gasteiger partial charge in [0, 0.05) is 22.3 Å². The largest absolute Gasteiger partial charge is 0.0654 e. The highest BCUT2D eigenvalue weighted by molar-refractivity contribution is 5.72. The Balaban J connectivity index is 1.39. The van der Waals surface area contributed by atoms with E-state index in [1.807, 2.05) is 0 Å². The Morgan fingerprint density at radius 1 is 0.425 bits per heavy atom. The second-order valence-electron chi connectivity index (χ2n) is 10.6. The highest BCUT2D eigenvalue weighted by atomic mass is 14.1. The molecule has 4 aromatic carbocycles. The molecule has 0 spiro atoms. The Bertz CT molecular complexity index is 1430. The zero-order chi connectivity index (χ0) is 27.8. The fraction of sp³-hybridized carbons (Fsp3) is 0.300. The van der Waals surface area contributed by atoms with Gasteiger partial charge in [-0.3, -0.25) is 0 Å². The number of aryl methyl sites for hydroxylation is 2. The molecule has 0 amide bonds. The van der Waals surface area contributed by atoms with E-state index in [-0.39, 0.29) is 0 Å². The molecular weight excluding hydrogens is 480 g/mol. The van der Waals surface area contributed by atoms with Gasteiger partial charge in [0.15, 0.2) is 0 Å². The molecule has 0 nitrogen and oxygen atoms in total. The molecule has 40 heavy (non-hydrogen) atoms. The fourth-order valence-electron chi connectivity index (χ4n) is 4.88. The first kappa shape index (κ1) is 29.0. The molecule has 0 aromatic heterocycles. The van der Waals surface area contributed by atoms with Crippen LogP contribution in [0.4, 0.5) is 0 Å². The number of unbranched alkanes of at least 4 members (excludes halogenated alkanes) is 6. The van der Waals surface area contributed by atoms with Crippen molar-refractivity contribution >= 4 is 0 Å². The van der Waals surface area contributed by atoms with E-state index in [0.717, 1.165) is 46.2 Å². The first-order chi connectivity index (χ1) is 19.7. The number of hydrogen-bond donors (Lipinski definition) is 0. The van der Waals surface area contributed by atoms with E-state index in [4.69, 9.17) is 0 Å². The SMILES string of the molecule is CCCCCCc1ccc(C#Cc2ccc(-c3ccccc3C#Cc3ccc(CCCCCC)cc3)cc2)cc1. The highest BCUT2D eigenvalue weighted by Crippen LogP contribution is 2.24. The molecule has 0 unspecified atom stereocenters. The first-order valence-electron chi connectivity index (χ1n) is 15.2. The lowest BCUT2D eigenvalue weighted by Gasteiger charge is -2.05. The summed E-state index contributed by atoms with van der Waals surface area (Å²) in [6.45, 7) is 4.51. The molecule has 0 saturated carbocycles. The predicted octanol–water partition coefficient (Wildman–Crippen LogP) is 10.4. The lowest BCUT2D eigenvalue weighted by molar-refractivity contribution is 0.667. The molecule has 0 aliphatic heterocycles. The van der Waals surface area contributed by atoms with E-state index >= 15 is 0 Å². The molecule has 4 aromatic rings. The van der Waals surface area contributed by atoms with E-state index in [9.17, 15) is 0 Å². The maximum absolute atomic E-state index is 3.41. The van der Waals surface area contributed by atoms with Gasteiger partial charge in [0.25, 0.3) is 0 Å². The van der Waals surface area contributed by atoms with Crippen molar-refractivity contribution in [3.05, 3.63) is 130 Å². The lowest BCUT2D eigenvalue weighted by Crippen LogP contribution is -1.87. The third kappa shape index (κ3) is 9.33. The Morgan fingerprint density at radius 3 is 1.38 bits per heavy atom. The zero-order valence-electron chi connectivity index (χ0n) is 24.3. The first-order valence-corrected chi connectivity index (χ1v) is 15.2. The van der Waals surface area contributed by atoms with Gasteiger partial charge in [-0.1, -0.05) is 131 Å². The van der Waals surface area contributed by atoms with Gasteiger partial charge < -0.3 is 0 Å². The second kappa shape index (κ2) is 16.2. The molecule has 202 valence electrons. The highest BCUT2D eigenvalue weighted by Gasteiger charge is 2.03. The standard InChI is InChI=1S/C40H42/c1-3-5-7-9-13-33-17-21-35(22-18-33)25-26-37-28-31-39(32-29-37)40-16-12-11-15-38(40)30-27-36-23-19-34(20-24-36)14-10-8-6-4-2/h11-12,15-24,28-29,31-32H,3-10,13-14H2,1-2H3. The molecule has 0 aliphatic carbocycles. The molecular formula is C40H42. The summed E-state index contributed by atoms with van der Waals surface area (Å²) in [7, 11) is 0. The summed E-state index contributed by atoms with van der Waals surface area (Å²) in [6.07, 6.45) is 12.7. The van der Waals surface area contributed by atoms with E-state index in [2.05, 4.69) is 135 Å². The molecule has 0 heterocycles. The lowest BCUT2D eigenvalue weighted by atomic mass is 9.98. The van der Waals surface area contributed by atoms with Crippen LogP contribution in [0.25, 0.3) is 11.1 Å². The van der Waals surface area contributed by atoms with Gasteiger partial charge in [0.1, 0.15) is 0 Å². The summed E-state index contributed by atoms with van der Waals surface area (Å²) in [4.78, 5) is 0. The van der Waals surface area contributed by atoms with E-state index < -0.39 is 0 Å². The Hall–Kier alpha value is -4.00. The van der Waals surface area contributed by atoms with Crippen LogP contribution in [0.2, 0.25) is 0 Å². The van der Waals surface area contributed by atoms with Crippen molar-refractivity contribution < 1.29 is 0 Å². The molecule has 0 heteroatoms. The van der Waals surface area contributed by atoms with Crippen molar-refractivity contribution in [2.45, 2.75) is 78.1 Å². The third-order valence-electron chi connectivity index (χ3n) is 7.36. The maximum Gasteiger partial charge on any atom is 0.0327 e. The van der Waals surface area contributed by atoms with Crippen LogP contribution in [0.5, 0.6) is 0 Å². The van der Waals surface area contributed by atoms with Crippen LogP contribution in [0.3, 0.4) is 0 Å².